The summed E-state index contributed by atoms with van der Waals surface area (Å²) in [5.41, 5.74) is 3.07. The van der Waals surface area contributed by atoms with E-state index in [2.05, 4.69) is 213 Å². The predicted molar refractivity (Wildman–Crippen MR) is 253 cm³/mol. The first-order valence-corrected chi connectivity index (χ1v) is 22.2. The van der Waals surface area contributed by atoms with Gasteiger partial charge in [-0.15, -0.1) is 0 Å². The van der Waals surface area contributed by atoms with E-state index in [9.17, 15) is 5.11 Å². The van der Waals surface area contributed by atoms with Gasteiger partial charge in [0.1, 0.15) is 6.10 Å². The van der Waals surface area contributed by atoms with Crippen LogP contribution in [-0.2, 0) is 24.1 Å². The Hall–Kier alpha value is -5.58. The summed E-state index contributed by atoms with van der Waals surface area (Å²) < 4.78 is 7.50. The first-order chi connectivity index (χ1) is 29.1. The van der Waals surface area contributed by atoms with Crippen molar-refractivity contribution in [2.24, 2.45) is 0 Å². The van der Waals surface area contributed by atoms with Gasteiger partial charge in [-0.1, -0.05) is 248 Å². The Morgan fingerprint density at radius 3 is 0.933 bits per heavy atom. The van der Waals surface area contributed by atoms with Crippen LogP contribution in [-0.4, -0.2) is 5.11 Å². The van der Waals surface area contributed by atoms with E-state index in [1.54, 1.807) is 0 Å². The molecule has 0 fully saturated rings. The van der Waals surface area contributed by atoms with Gasteiger partial charge < -0.3 is 5.11 Å². The molecule has 1 unspecified atom stereocenters. The molecule has 0 heterocycles. The fourth-order valence-corrected chi connectivity index (χ4v) is 11.3. The van der Waals surface area contributed by atoms with Crippen LogP contribution in [0.15, 0.2) is 249 Å². The summed E-state index contributed by atoms with van der Waals surface area (Å²) in [6.45, 7) is 6.55. The molecule has 1 atom stereocenters. The van der Waals surface area contributed by atoms with Crippen molar-refractivity contribution < 1.29 is 29.2 Å². The van der Waals surface area contributed by atoms with Gasteiger partial charge in [0.15, 0.2) is 0 Å². The Balaban J connectivity index is 0.000000166. The van der Waals surface area contributed by atoms with E-state index in [0.29, 0.717) is 0 Å². The van der Waals surface area contributed by atoms with E-state index in [4.69, 9.17) is 4.65 Å². The number of aliphatic hydroxyl groups excluding tert-OH is 1. The van der Waals surface area contributed by atoms with Crippen LogP contribution in [0.2, 0.25) is 0 Å². The molecule has 297 valence electrons. The number of aryl methyl sites for hydroxylation is 1. The first kappa shape index (κ1) is 45.5. The third-order valence-electron chi connectivity index (χ3n) is 9.57. The summed E-state index contributed by atoms with van der Waals surface area (Å²) in [4.78, 5) is 0. The molecule has 0 aliphatic heterocycles. The van der Waals surface area contributed by atoms with E-state index < -0.39 is 21.9 Å². The van der Waals surface area contributed by atoms with Crippen LogP contribution in [0.3, 0.4) is 0 Å². The number of hydrogen-bond donors (Lipinski definition) is 1. The largest absolute Gasteiger partial charge is 0.0622 e. The third kappa shape index (κ3) is 12.7. The Bertz CT molecular complexity index is 2270. The van der Waals surface area contributed by atoms with Crippen LogP contribution < -0.4 is 31.8 Å². The molecule has 0 saturated heterocycles. The zero-order valence-electron chi connectivity index (χ0n) is 33.3. The summed E-state index contributed by atoms with van der Waals surface area (Å²) >= 11 is 0. The molecule has 0 spiro atoms. The molecule has 9 rings (SSSR count). The summed E-state index contributed by atoms with van der Waals surface area (Å²) in [5.74, 6) is 0. The quantitative estimate of drug-likeness (QED) is 0.0702. The molecular formula is C55H46O2P2Rh. The van der Waals surface area contributed by atoms with Crippen LogP contribution in [0.1, 0.15) is 22.8 Å². The second-order valence-electron chi connectivity index (χ2n) is 13.6. The van der Waals surface area contributed by atoms with Gasteiger partial charge in [-0.25, -0.2) is 0 Å². The number of fused-ring (bicyclic) bond motifs is 1. The normalized spacial score (nSPS) is 10.7. The molecule has 1 radical (unpaired) electrons. The Morgan fingerprint density at radius 2 is 0.617 bits per heavy atom. The number of hydrogen-bond acceptors (Lipinski definition) is 1. The molecule has 2 nitrogen and oxygen atoms in total. The van der Waals surface area contributed by atoms with Crippen molar-refractivity contribution in [2.75, 3.05) is 0 Å². The maximum atomic E-state index is 10.4. The zero-order valence-corrected chi connectivity index (χ0v) is 36.8. The van der Waals surface area contributed by atoms with Crippen molar-refractivity contribution >= 4 is 58.4 Å². The van der Waals surface area contributed by atoms with Gasteiger partial charge in [0.2, 0.25) is 0 Å². The molecule has 9 aromatic rings. The smallest absolute Gasteiger partial charge is 0 e. The average molecular weight is 904 g/mol. The summed E-state index contributed by atoms with van der Waals surface area (Å²) in [6, 6.07) is 87.0. The van der Waals surface area contributed by atoms with E-state index in [1.165, 1.54) is 42.8 Å². The van der Waals surface area contributed by atoms with E-state index in [1.807, 2.05) is 49.4 Å². The van der Waals surface area contributed by atoms with Crippen LogP contribution in [0.5, 0.6) is 0 Å². The van der Waals surface area contributed by atoms with Crippen molar-refractivity contribution in [1.82, 2.24) is 0 Å². The Kier molecular flexibility index (Phi) is 18.6. The van der Waals surface area contributed by atoms with Crippen LogP contribution >= 0.6 is 15.8 Å². The van der Waals surface area contributed by atoms with Gasteiger partial charge in [-0.3, -0.25) is 0 Å². The molecule has 0 aliphatic carbocycles. The van der Waals surface area contributed by atoms with Crippen molar-refractivity contribution in [1.29, 1.82) is 0 Å². The van der Waals surface area contributed by atoms with Gasteiger partial charge in [0.05, 0.1) is 0 Å². The van der Waals surface area contributed by atoms with Gasteiger partial charge in [0.25, 0.3) is 0 Å². The molecule has 60 heavy (non-hydrogen) atoms. The predicted octanol–water partition coefficient (Wildman–Crippen LogP) is 11.1. The maximum absolute atomic E-state index is 10.4. The van der Waals surface area contributed by atoms with Crippen LogP contribution in [0, 0.1) is 13.6 Å². The van der Waals surface area contributed by atoms with Crippen LogP contribution in [0.25, 0.3) is 10.8 Å². The molecule has 9 aromatic carbocycles. The topological polar surface area (TPSA) is 40.1 Å². The van der Waals surface area contributed by atoms with Crippen molar-refractivity contribution in [2.45, 2.75) is 13.0 Å². The number of aliphatic hydroxyl groups is 1. The SMILES string of the molecule is Cc1ccc(C(O)c2ccc3ccccc3c2)cc1.[C-]#[O+].[Rh].c1ccc(P(c2ccccc2)c2ccccc2)cc1.c1ccc(P(c2ccccc2)c2ccccc2)cc1. The first-order valence-electron chi connectivity index (χ1n) is 19.5. The minimum absolute atomic E-state index is 0. The number of rotatable bonds is 8. The summed E-state index contributed by atoms with van der Waals surface area (Å²) in [5, 5.41) is 21.2. The standard InChI is InChI=1S/C18H16O.2C18H15P.CO.Rh/c1-13-6-8-15(9-7-13)18(19)17-11-10-14-4-2-3-5-16(14)12-17;2*1-4-10-16(11-5-1)19(17-12-6-2-7-13-17)18-14-8-3-9-15-18;1-2;/h2-12,18-19H,1H3;2*1-15H;;. The molecule has 5 heteroatoms. The molecule has 0 saturated carbocycles. The molecular weight excluding hydrogens is 857 g/mol. The minimum Gasteiger partial charge on any atom is -0.0622 e. The molecule has 0 aromatic heterocycles. The van der Waals surface area contributed by atoms with E-state index >= 15 is 0 Å². The van der Waals surface area contributed by atoms with Gasteiger partial charge >= 0.3 is 11.3 Å². The fourth-order valence-electron chi connectivity index (χ4n) is 6.68. The third-order valence-corrected chi connectivity index (χ3v) is 14.5. The van der Waals surface area contributed by atoms with Gasteiger partial charge in [0, 0.05) is 19.5 Å². The Labute approximate surface area is 370 Å². The van der Waals surface area contributed by atoms with E-state index in [0.717, 1.165) is 16.5 Å². The summed E-state index contributed by atoms with van der Waals surface area (Å²) in [6.07, 6.45) is -0.565. The monoisotopic (exact) mass is 903 g/mol. The second kappa shape index (κ2) is 24.5. The van der Waals surface area contributed by atoms with Gasteiger partial charge in [-0.05, 0) is 82.6 Å². The molecule has 0 aliphatic rings. The molecule has 0 bridgehead atoms. The fraction of sp³-hybridized carbons (Fsp3) is 0.0364. The van der Waals surface area contributed by atoms with Crippen molar-refractivity contribution in [3.8, 4) is 0 Å². The Morgan fingerprint density at radius 1 is 0.350 bits per heavy atom. The molecule has 1 N–H and O–H groups in total. The van der Waals surface area contributed by atoms with Crippen molar-refractivity contribution in [3.05, 3.63) is 272 Å². The number of benzene rings is 9. The second-order valence-corrected chi connectivity index (χ2v) is 18.0. The van der Waals surface area contributed by atoms with Crippen molar-refractivity contribution in [3.63, 3.8) is 0 Å². The molecule has 0 amide bonds. The van der Waals surface area contributed by atoms with E-state index in [-0.39, 0.29) is 19.5 Å². The maximum Gasteiger partial charge on any atom is 0 e. The van der Waals surface area contributed by atoms with Gasteiger partial charge in [-0.2, -0.15) is 0 Å². The summed E-state index contributed by atoms with van der Waals surface area (Å²) in [7, 11) is -0.892. The average Bonchev–Trinajstić information content (AvgIpc) is 3.32. The minimum atomic E-state index is -0.565. The zero-order chi connectivity index (χ0) is 41.1. The van der Waals surface area contributed by atoms with Crippen LogP contribution in [0.4, 0.5) is 0 Å².